The van der Waals surface area contributed by atoms with E-state index in [2.05, 4.69) is 42.4 Å². The first-order valence-electron chi connectivity index (χ1n) is 10.3. The van der Waals surface area contributed by atoms with Gasteiger partial charge < -0.3 is 4.90 Å². The Kier molecular flexibility index (Phi) is 6.20. The predicted molar refractivity (Wildman–Crippen MR) is 99.1 cm³/mol. The van der Waals surface area contributed by atoms with Crippen molar-refractivity contribution in [2.75, 3.05) is 45.8 Å². The summed E-state index contributed by atoms with van der Waals surface area (Å²) in [7, 11) is 0. The molecule has 2 atom stereocenters. The number of hydrogen-bond acceptors (Lipinski definition) is 3. The monoisotopic (exact) mass is 339 g/mol. The Labute approximate surface area is 148 Å². The first-order valence-corrected chi connectivity index (χ1v) is 10.3. The smallest absolute Gasteiger partial charge is 0.116 e. The molecule has 3 heterocycles. The van der Waals surface area contributed by atoms with Crippen molar-refractivity contribution in [3.63, 3.8) is 0 Å². The Hall–Kier alpha value is -0.190. The Morgan fingerprint density at radius 2 is 1.58 bits per heavy atom. The maximum Gasteiger partial charge on any atom is 0.116 e. The third kappa shape index (κ3) is 4.31. The average molecular weight is 340 g/mol. The van der Waals surface area contributed by atoms with Gasteiger partial charge in [0, 0.05) is 38.3 Å². The van der Waals surface area contributed by atoms with E-state index >= 15 is 0 Å². The predicted octanol–water partition coefficient (Wildman–Crippen LogP) is 3.11. The maximum atomic E-state index is 14.4. The quantitative estimate of drug-likeness (QED) is 0.762. The molecule has 3 saturated heterocycles. The summed E-state index contributed by atoms with van der Waals surface area (Å²) in [6, 6.07) is 1.49. The average Bonchev–Trinajstić information content (AvgIpc) is 2.47. The zero-order chi connectivity index (χ0) is 17.3. The number of alkyl halides is 1. The number of piperidine rings is 2. The third-order valence-corrected chi connectivity index (χ3v) is 6.83. The van der Waals surface area contributed by atoms with Crippen LogP contribution in [-0.2, 0) is 0 Å². The largest absolute Gasteiger partial charge is 0.300 e. The van der Waals surface area contributed by atoms with Gasteiger partial charge in [-0.1, -0.05) is 13.8 Å². The Morgan fingerprint density at radius 3 is 2.12 bits per heavy atom. The van der Waals surface area contributed by atoms with Gasteiger partial charge in [-0.15, -0.1) is 0 Å². The van der Waals surface area contributed by atoms with E-state index in [0.29, 0.717) is 18.5 Å². The molecule has 3 nitrogen and oxygen atoms in total. The summed E-state index contributed by atoms with van der Waals surface area (Å²) in [6.07, 6.45) is 3.04. The first kappa shape index (κ1) is 18.6. The number of likely N-dealkylation sites (tertiary alicyclic amines) is 3. The molecule has 24 heavy (non-hydrogen) atoms. The van der Waals surface area contributed by atoms with E-state index in [1.807, 2.05) is 0 Å². The van der Waals surface area contributed by atoms with Gasteiger partial charge in [-0.05, 0) is 70.5 Å². The van der Waals surface area contributed by atoms with Crippen LogP contribution in [0.1, 0.15) is 47.0 Å². The van der Waals surface area contributed by atoms with Crippen LogP contribution >= 0.6 is 0 Å². The Bertz CT molecular complexity index is 386. The molecule has 0 bridgehead atoms. The molecule has 0 spiro atoms. The van der Waals surface area contributed by atoms with Crippen molar-refractivity contribution >= 4 is 0 Å². The van der Waals surface area contributed by atoms with E-state index < -0.39 is 6.17 Å². The van der Waals surface area contributed by atoms with Crippen LogP contribution in [-0.4, -0.2) is 78.8 Å². The highest BCUT2D eigenvalue weighted by Gasteiger charge is 2.36. The van der Waals surface area contributed by atoms with E-state index in [1.54, 1.807) is 0 Å². The number of hydrogen-bond donors (Lipinski definition) is 0. The zero-order valence-corrected chi connectivity index (χ0v) is 16.3. The van der Waals surface area contributed by atoms with Crippen molar-refractivity contribution in [2.24, 2.45) is 17.8 Å². The summed E-state index contributed by atoms with van der Waals surface area (Å²) in [5.41, 5.74) is 0. The van der Waals surface area contributed by atoms with E-state index in [4.69, 9.17) is 0 Å². The molecule has 0 aliphatic carbocycles. The van der Waals surface area contributed by atoms with E-state index in [0.717, 1.165) is 31.5 Å². The second-order valence-electron chi connectivity index (χ2n) is 9.15. The Morgan fingerprint density at radius 1 is 0.917 bits per heavy atom. The molecule has 0 radical (unpaired) electrons. The molecule has 2 unspecified atom stereocenters. The van der Waals surface area contributed by atoms with Gasteiger partial charge in [0.15, 0.2) is 0 Å². The normalized spacial score (nSPS) is 32.6. The standard InChI is InChI=1S/C20H38FN3/c1-15(2)19-7-8-22(14-20(19)21)11-17-5-9-23(10-6-17)18-12-24(13-18)16(3)4/h15-20H,5-14H2,1-4H3. The second kappa shape index (κ2) is 8.01. The van der Waals surface area contributed by atoms with Gasteiger partial charge in [-0.3, -0.25) is 9.80 Å². The van der Waals surface area contributed by atoms with Crippen LogP contribution in [0.2, 0.25) is 0 Å². The fourth-order valence-electron chi connectivity index (χ4n) is 4.91. The summed E-state index contributed by atoms with van der Waals surface area (Å²) in [4.78, 5) is 7.68. The van der Waals surface area contributed by atoms with Crippen molar-refractivity contribution in [3.8, 4) is 0 Å². The lowest BCUT2D eigenvalue weighted by Crippen LogP contribution is -2.62. The number of halogens is 1. The van der Waals surface area contributed by atoms with Crippen molar-refractivity contribution in [1.82, 2.24) is 14.7 Å². The van der Waals surface area contributed by atoms with Crippen LogP contribution in [0.15, 0.2) is 0 Å². The lowest BCUT2D eigenvalue weighted by atomic mass is 9.84. The molecule has 3 fully saturated rings. The first-order chi connectivity index (χ1) is 11.4. The summed E-state index contributed by atoms with van der Waals surface area (Å²) in [5.74, 6) is 1.55. The fraction of sp³-hybridized carbons (Fsp3) is 1.00. The van der Waals surface area contributed by atoms with Crippen molar-refractivity contribution < 1.29 is 4.39 Å². The molecule has 3 aliphatic heterocycles. The van der Waals surface area contributed by atoms with Crippen molar-refractivity contribution in [1.29, 1.82) is 0 Å². The molecular formula is C20H38FN3. The van der Waals surface area contributed by atoms with E-state index in [9.17, 15) is 4.39 Å². The van der Waals surface area contributed by atoms with Crippen LogP contribution < -0.4 is 0 Å². The second-order valence-corrected chi connectivity index (χ2v) is 9.15. The molecule has 0 saturated carbocycles. The van der Waals surface area contributed by atoms with Crippen LogP contribution in [0, 0.1) is 17.8 Å². The van der Waals surface area contributed by atoms with Crippen LogP contribution in [0.5, 0.6) is 0 Å². The van der Waals surface area contributed by atoms with Gasteiger partial charge in [0.25, 0.3) is 0 Å². The molecule has 3 aliphatic rings. The molecule has 0 aromatic heterocycles. The lowest BCUT2D eigenvalue weighted by Gasteiger charge is -2.49. The fourth-order valence-corrected chi connectivity index (χ4v) is 4.91. The zero-order valence-electron chi connectivity index (χ0n) is 16.3. The molecule has 4 heteroatoms. The topological polar surface area (TPSA) is 9.72 Å². The van der Waals surface area contributed by atoms with Crippen molar-refractivity contribution in [3.05, 3.63) is 0 Å². The third-order valence-electron chi connectivity index (χ3n) is 6.83. The summed E-state index contributed by atoms with van der Waals surface area (Å²) >= 11 is 0. The van der Waals surface area contributed by atoms with Crippen LogP contribution in [0.4, 0.5) is 4.39 Å². The van der Waals surface area contributed by atoms with Crippen LogP contribution in [0.3, 0.4) is 0 Å². The van der Waals surface area contributed by atoms with Gasteiger partial charge in [-0.25, -0.2) is 4.39 Å². The summed E-state index contributed by atoms with van der Waals surface area (Å²) in [6.45, 7) is 16.9. The maximum absolute atomic E-state index is 14.4. The number of rotatable bonds is 5. The van der Waals surface area contributed by atoms with Gasteiger partial charge in [0.1, 0.15) is 6.17 Å². The molecule has 0 amide bonds. The highest BCUT2D eigenvalue weighted by atomic mass is 19.1. The highest BCUT2D eigenvalue weighted by molar-refractivity contribution is 4.92. The Balaban J connectivity index is 1.36. The highest BCUT2D eigenvalue weighted by Crippen LogP contribution is 2.29. The molecule has 3 rings (SSSR count). The number of nitrogens with zero attached hydrogens (tertiary/aromatic N) is 3. The minimum absolute atomic E-state index is 0.283. The molecular weight excluding hydrogens is 301 g/mol. The minimum atomic E-state index is -0.615. The van der Waals surface area contributed by atoms with Crippen LogP contribution in [0.25, 0.3) is 0 Å². The van der Waals surface area contributed by atoms with Gasteiger partial charge in [0.05, 0.1) is 0 Å². The van der Waals surface area contributed by atoms with E-state index in [-0.39, 0.29) is 5.92 Å². The lowest BCUT2D eigenvalue weighted by molar-refractivity contribution is -0.00879. The molecule has 0 aromatic rings. The minimum Gasteiger partial charge on any atom is -0.300 e. The molecule has 140 valence electrons. The SMILES string of the molecule is CC(C)C1CCN(CC2CCN(C3CN(C(C)C)C3)CC2)CC1F. The molecule has 0 aromatic carbocycles. The van der Waals surface area contributed by atoms with Crippen molar-refractivity contribution in [2.45, 2.75) is 65.2 Å². The van der Waals surface area contributed by atoms with Gasteiger partial charge in [-0.2, -0.15) is 0 Å². The summed E-state index contributed by atoms with van der Waals surface area (Å²) < 4.78 is 14.4. The summed E-state index contributed by atoms with van der Waals surface area (Å²) in [5, 5.41) is 0. The van der Waals surface area contributed by atoms with Gasteiger partial charge in [0.2, 0.25) is 0 Å². The molecule has 0 N–H and O–H groups in total. The van der Waals surface area contributed by atoms with E-state index in [1.165, 1.54) is 39.0 Å². The van der Waals surface area contributed by atoms with Gasteiger partial charge >= 0.3 is 0 Å².